The molecule has 2 heterocycles. The number of pyridine rings is 1. The van der Waals surface area contributed by atoms with E-state index < -0.39 is 0 Å². The molecule has 1 saturated heterocycles. The molecule has 20 heavy (non-hydrogen) atoms. The standard InChI is InChI=1S/C16H15ClN2O/c17-14-6-1-4-12(10-14)16(20)19-9-3-7-15(19)13-5-2-8-18-11-13/h1-2,4-6,8,10-11,15H,3,7,9H2. The Bertz CT molecular complexity index is 615. The van der Waals surface area contributed by atoms with Crippen LogP contribution in [0.4, 0.5) is 0 Å². The Labute approximate surface area is 123 Å². The molecular weight excluding hydrogens is 272 g/mol. The molecule has 1 aliphatic heterocycles. The molecule has 0 radical (unpaired) electrons. The zero-order chi connectivity index (χ0) is 13.9. The summed E-state index contributed by atoms with van der Waals surface area (Å²) in [6.07, 6.45) is 5.60. The Kier molecular flexibility index (Phi) is 3.70. The van der Waals surface area contributed by atoms with Gasteiger partial charge in [0.25, 0.3) is 5.91 Å². The van der Waals surface area contributed by atoms with Gasteiger partial charge in [-0.25, -0.2) is 0 Å². The second kappa shape index (κ2) is 5.63. The summed E-state index contributed by atoms with van der Waals surface area (Å²) in [5.74, 6) is 0.0406. The van der Waals surface area contributed by atoms with Crippen LogP contribution in [0.3, 0.4) is 0 Å². The third-order valence-electron chi connectivity index (χ3n) is 3.65. The van der Waals surface area contributed by atoms with Gasteiger partial charge in [0.05, 0.1) is 6.04 Å². The summed E-state index contributed by atoms with van der Waals surface area (Å²) in [7, 11) is 0. The molecule has 1 unspecified atom stereocenters. The molecule has 3 nitrogen and oxygen atoms in total. The van der Waals surface area contributed by atoms with E-state index in [4.69, 9.17) is 11.6 Å². The van der Waals surface area contributed by atoms with Gasteiger partial charge >= 0.3 is 0 Å². The minimum absolute atomic E-state index is 0.0406. The fourth-order valence-electron chi connectivity index (χ4n) is 2.72. The van der Waals surface area contributed by atoms with Gasteiger partial charge in [0, 0.05) is 29.5 Å². The summed E-state index contributed by atoms with van der Waals surface area (Å²) in [6.45, 7) is 0.783. The first kappa shape index (κ1) is 13.1. The quantitative estimate of drug-likeness (QED) is 0.843. The maximum Gasteiger partial charge on any atom is 0.254 e. The number of carbonyl (C=O) groups excluding carboxylic acids is 1. The van der Waals surface area contributed by atoms with Crippen LogP contribution in [0.25, 0.3) is 0 Å². The highest BCUT2D eigenvalue weighted by Crippen LogP contribution is 2.32. The van der Waals surface area contributed by atoms with Crippen LogP contribution in [0.1, 0.15) is 34.8 Å². The average molecular weight is 287 g/mol. The Balaban J connectivity index is 1.87. The van der Waals surface area contributed by atoms with E-state index >= 15 is 0 Å². The Morgan fingerprint density at radius 2 is 2.20 bits per heavy atom. The summed E-state index contributed by atoms with van der Waals surface area (Å²) in [5, 5.41) is 0.591. The van der Waals surface area contributed by atoms with Gasteiger partial charge in [-0.1, -0.05) is 23.7 Å². The largest absolute Gasteiger partial charge is 0.332 e. The smallest absolute Gasteiger partial charge is 0.254 e. The molecule has 0 aliphatic carbocycles. The number of amides is 1. The Morgan fingerprint density at radius 3 is 2.95 bits per heavy atom. The molecule has 1 atom stereocenters. The topological polar surface area (TPSA) is 33.2 Å². The predicted molar refractivity (Wildman–Crippen MR) is 78.7 cm³/mol. The van der Waals surface area contributed by atoms with E-state index in [1.165, 1.54) is 0 Å². The van der Waals surface area contributed by atoms with Crippen LogP contribution >= 0.6 is 11.6 Å². The van der Waals surface area contributed by atoms with Crippen LogP contribution in [0, 0.1) is 0 Å². The second-order valence-electron chi connectivity index (χ2n) is 4.95. The molecule has 1 amide bonds. The first-order valence-electron chi connectivity index (χ1n) is 6.72. The molecule has 4 heteroatoms. The predicted octanol–water partition coefficient (Wildman–Crippen LogP) is 3.71. The Morgan fingerprint density at radius 1 is 1.30 bits per heavy atom. The van der Waals surface area contributed by atoms with Gasteiger partial charge < -0.3 is 4.90 Å². The normalized spacial score (nSPS) is 18.2. The minimum Gasteiger partial charge on any atom is -0.332 e. The first-order valence-corrected chi connectivity index (χ1v) is 7.10. The fourth-order valence-corrected chi connectivity index (χ4v) is 2.91. The van der Waals surface area contributed by atoms with Crippen LogP contribution in [0.5, 0.6) is 0 Å². The van der Waals surface area contributed by atoms with Crippen LogP contribution in [0.2, 0.25) is 5.02 Å². The highest BCUT2D eigenvalue weighted by atomic mass is 35.5. The van der Waals surface area contributed by atoms with Crippen molar-refractivity contribution >= 4 is 17.5 Å². The zero-order valence-electron chi connectivity index (χ0n) is 11.0. The highest BCUT2D eigenvalue weighted by molar-refractivity contribution is 6.30. The molecular formula is C16H15ClN2O. The van der Waals surface area contributed by atoms with E-state index in [-0.39, 0.29) is 11.9 Å². The van der Waals surface area contributed by atoms with Crippen LogP contribution in [-0.2, 0) is 0 Å². The van der Waals surface area contributed by atoms with Gasteiger partial charge in [-0.2, -0.15) is 0 Å². The van der Waals surface area contributed by atoms with Crippen molar-refractivity contribution in [3.63, 3.8) is 0 Å². The summed E-state index contributed by atoms with van der Waals surface area (Å²) in [6, 6.07) is 11.2. The molecule has 0 bridgehead atoms. The van der Waals surface area contributed by atoms with Crippen molar-refractivity contribution in [3.8, 4) is 0 Å². The number of benzene rings is 1. The summed E-state index contributed by atoms with van der Waals surface area (Å²) in [5.41, 5.74) is 1.74. The van der Waals surface area contributed by atoms with Gasteiger partial charge in [-0.05, 0) is 42.7 Å². The number of carbonyl (C=O) groups is 1. The second-order valence-corrected chi connectivity index (χ2v) is 5.39. The number of hydrogen-bond donors (Lipinski definition) is 0. The number of rotatable bonds is 2. The van der Waals surface area contributed by atoms with Crippen molar-refractivity contribution in [2.45, 2.75) is 18.9 Å². The van der Waals surface area contributed by atoms with E-state index in [1.54, 1.807) is 18.3 Å². The molecule has 0 saturated carbocycles. The minimum atomic E-state index is 0.0406. The molecule has 3 rings (SSSR count). The molecule has 2 aromatic rings. The number of likely N-dealkylation sites (tertiary alicyclic amines) is 1. The van der Waals surface area contributed by atoms with Gasteiger partial charge in [0.15, 0.2) is 0 Å². The maximum atomic E-state index is 12.6. The molecule has 0 spiro atoms. The first-order chi connectivity index (χ1) is 9.75. The number of hydrogen-bond acceptors (Lipinski definition) is 2. The summed E-state index contributed by atoms with van der Waals surface area (Å²) < 4.78 is 0. The van der Waals surface area contributed by atoms with E-state index in [1.807, 2.05) is 35.4 Å². The molecule has 0 N–H and O–H groups in total. The van der Waals surface area contributed by atoms with Crippen molar-refractivity contribution in [2.75, 3.05) is 6.54 Å². The van der Waals surface area contributed by atoms with Gasteiger partial charge in [-0.3, -0.25) is 9.78 Å². The maximum absolute atomic E-state index is 12.6. The van der Waals surface area contributed by atoms with Crippen molar-refractivity contribution in [2.24, 2.45) is 0 Å². The van der Waals surface area contributed by atoms with Crippen LogP contribution in [-0.4, -0.2) is 22.3 Å². The summed E-state index contributed by atoms with van der Waals surface area (Å²) in [4.78, 5) is 18.7. The van der Waals surface area contributed by atoms with Crippen LogP contribution in [0.15, 0.2) is 48.8 Å². The summed E-state index contributed by atoms with van der Waals surface area (Å²) >= 11 is 5.97. The molecule has 1 aromatic heterocycles. The van der Waals surface area contributed by atoms with E-state index in [2.05, 4.69) is 4.98 Å². The third kappa shape index (κ3) is 2.54. The van der Waals surface area contributed by atoms with Gasteiger partial charge in [0.2, 0.25) is 0 Å². The lowest BCUT2D eigenvalue weighted by atomic mass is 10.1. The highest BCUT2D eigenvalue weighted by Gasteiger charge is 2.30. The van der Waals surface area contributed by atoms with Gasteiger partial charge in [0.1, 0.15) is 0 Å². The van der Waals surface area contributed by atoms with E-state index in [9.17, 15) is 4.79 Å². The zero-order valence-corrected chi connectivity index (χ0v) is 11.8. The monoisotopic (exact) mass is 286 g/mol. The number of nitrogens with zero attached hydrogens (tertiary/aromatic N) is 2. The van der Waals surface area contributed by atoms with E-state index in [0.717, 1.165) is 24.9 Å². The Hall–Kier alpha value is -1.87. The number of halogens is 1. The van der Waals surface area contributed by atoms with Crippen molar-refractivity contribution in [1.29, 1.82) is 0 Å². The lowest BCUT2D eigenvalue weighted by Crippen LogP contribution is -2.30. The van der Waals surface area contributed by atoms with Crippen molar-refractivity contribution in [1.82, 2.24) is 9.88 Å². The van der Waals surface area contributed by atoms with Crippen LogP contribution < -0.4 is 0 Å². The van der Waals surface area contributed by atoms with Gasteiger partial charge in [-0.15, -0.1) is 0 Å². The molecule has 1 aliphatic rings. The van der Waals surface area contributed by atoms with Crippen molar-refractivity contribution in [3.05, 3.63) is 64.9 Å². The molecule has 1 aromatic carbocycles. The fraction of sp³-hybridized carbons (Fsp3) is 0.250. The molecule has 1 fully saturated rings. The number of aromatic nitrogens is 1. The SMILES string of the molecule is O=C(c1cccc(Cl)c1)N1CCCC1c1cccnc1. The van der Waals surface area contributed by atoms with Crippen molar-refractivity contribution < 1.29 is 4.79 Å². The van der Waals surface area contributed by atoms with E-state index in [0.29, 0.717) is 10.6 Å². The average Bonchev–Trinajstić information content (AvgIpc) is 2.97. The molecule has 102 valence electrons. The lowest BCUT2D eigenvalue weighted by molar-refractivity contribution is 0.0735. The third-order valence-corrected chi connectivity index (χ3v) is 3.89. The lowest BCUT2D eigenvalue weighted by Gasteiger charge is -2.25.